The van der Waals surface area contributed by atoms with E-state index in [1.807, 2.05) is 54.1 Å². The maximum absolute atomic E-state index is 13.2. The fourth-order valence-corrected chi connectivity index (χ4v) is 4.13. The van der Waals surface area contributed by atoms with E-state index in [4.69, 9.17) is 11.6 Å². The van der Waals surface area contributed by atoms with Crippen LogP contribution in [0.25, 0.3) is 5.69 Å². The van der Waals surface area contributed by atoms with E-state index < -0.39 is 0 Å². The third-order valence-electron chi connectivity index (χ3n) is 5.42. The second-order valence-corrected chi connectivity index (χ2v) is 7.55. The van der Waals surface area contributed by atoms with E-state index in [9.17, 15) is 9.18 Å². The van der Waals surface area contributed by atoms with Crippen LogP contribution in [0.2, 0.25) is 5.02 Å². The summed E-state index contributed by atoms with van der Waals surface area (Å²) in [6, 6.07) is 16.2. The van der Waals surface area contributed by atoms with E-state index in [2.05, 4.69) is 9.80 Å². The average Bonchev–Trinajstić information content (AvgIpc) is 3.00. The minimum absolute atomic E-state index is 0.181. The van der Waals surface area contributed by atoms with Crippen molar-refractivity contribution in [1.29, 1.82) is 0 Å². The molecule has 152 valence electrons. The van der Waals surface area contributed by atoms with Crippen LogP contribution in [0.4, 0.5) is 10.1 Å². The van der Waals surface area contributed by atoms with E-state index in [1.165, 1.54) is 12.1 Å². The molecule has 1 fully saturated rings. The van der Waals surface area contributed by atoms with Gasteiger partial charge < -0.3 is 4.90 Å². The monoisotopic (exact) mass is 414 g/mol. The van der Waals surface area contributed by atoms with Crippen LogP contribution in [0.15, 0.2) is 59.4 Å². The molecule has 4 rings (SSSR count). The van der Waals surface area contributed by atoms with E-state index >= 15 is 0 Å². The summed E-state index contributed by atoms with van der Waals surface area (Å²) in [5.41, 5.74) is 2.51. The number of hydrogen-bond acceptors (Lipinski definition) is 3. The highest BCUT2D eigenvalue weighted by atomic mass is 35.5. The predicted octanol–water partition coefficient (Wildman–Crippen LogP) is 3.77. The Morgan fingerprint density at radius 3 is 2.21 bits per heavy atom. The topological polar surface area (TPSA) is 33.4 Å². The van der Waals surface area contributed by atoms with Gasteiger partial charge in [0.05, 0.1) is 11.4 Å². The Hall–Kier alpha value is -2.57. The standard InChI is InChI=1S/C22H24ClFN4O/c1-2-27-20(21(23)22(29)28(27)19-6-4-3-5-7-19)16-25-12-14-26(15-13-25)18-10-8-17(24)9-11-18/h3-11H,2,12-16H2,1H3. The van der Waals surface area contributed by atoms with Crippen LogP contribution < -0.4 is 10.5 Å². The highest BCUT2D eigenvalue weighted by Crippen LogP contribution is 2.21. The molecule has 1 aromatic heterocycles. The lowest BCUT2D eigenvalue weighted by Crippen LogP contribution is -2.46. The summed E-state index contributed by atoms with van der Waals surface area (Å²) in [6.45, 7) is 6.69. The van der Waals surface area contributed by atoms with Crippen molar-refractivity contribution in [3.8, 4) is 5.69 Å². The van der Waals surface area contributed by atoms with Gasteiger partial charge in [0.25, 0.3) is 5.56 Å². The van der Waals surface area contributed by atoms with Crippen LogP contribution in [0.3, 0.4) is 0 Å². The van der Waals surface area contributed by atoms with Gasteiger partial charge in [-0.25, -0.2) is 9.07 Å². The SMILES string of the molecule is CCn1c(CN2CCN(c3ccc(F)cc3)CC2)c(Cl)c(=O)n1-c1ccccc1. The summed E-state index contributed by atoms with van der Waals surface area (Å²) in [4.78, 5) is 17.4. The molecular weight excluding hydrogens is 391 g/mol. The second-order valence-electron chi connectivity index (χ2n) is 7.17. The number of para-hydroxylation sites is 1. The van der Waals surface area contributed by atoms with Crippen molar-refractivity contribution in [3.63, 3.8) is 0 Å². The molecule has 2 aromatic carbocycles. The first-order chi connectivity index (χ1) is 14.1. The fraction of sp³-hybridized carbons (Fsp3) is 0.318. The zero-order valence-electron chi connectivity index (χ0n) is 16.4. The quantitative estimate of drug-likeness (QED) is 0.637. The molecule has 1 aliphatic heterocycles. The maximum Gasteiger partial charge on any atom is 0.290 e. The molecule has 1 saturated heterocycles. The second kappa shape index (κ2) is 8.43. The van der Waals surface area contributed by atoms with E-state index in [0.29, 0.717) is 13.1 Å². The fourth-order valence-electron chi connectivity index (χ4n) is 3.90. The molecule has 0 spiro atoms. The summed E-state index contributed by atoms with van der Waals surface area (Å²) >= 11 is 6.48. The summed E-state index contributed by atoms with van der Waals surface area (Å²) < 4.78 is 16.8. The molecule has 7 heteroatoms. The molecule has 5 nitrogen and oxygen atoms in total. The van der Waals surface area contributed by atoms with E-state index in [0.717, 1.165) is 43.2 Å². The van der Waals surface area contributed by atoms with Crippen molar-refractivity contribution in [2.24, 2.45) is 0 Å². The number of nitrogens with zero attached hydrogens (tertiary/aromatic N) is 4. The number of benzene rings is 2. The number of rotatable bonds is 5. The molecule has 0 bridgehead atoms. The third-order valence-corrected chi connectivity index (χ3v) is 5.80. The van der Waals surface area contributed by atoms with Gasteiger partial charge in [-0.2, -0.15) is 0 Å². The van der Waals surface area contributed by atoms with Gasteiger partial charge in [-0.05, 0) is 43.3 Å². The average molecular weight is 415 g/mol. The Balaban J connectivity index is 1.52. The van der Waals surface area contributed by atoms with Crippen molar-refractivity contribution in [1.82, 2.24) is 14.3 Å². The molecule has 0 radical (unpaired) electrons. The molecule has 3 aromatic rings. The lowest BCUT2D eigenvalue weighted by atomic mass is 10.2. The van der Waals surface area contributed by atoms with Crippen molar-refractivity contribution < 1.29 is 4.39 Å². The van der Waals surface area contributed by atoms with Crippen LogP contribution in [0, 0.1) is 5.82 Å². The van der Waals surface area contributed by atoms with Gasteiger partial charge in [-0.3, -0.25) is 14.4 Å². The molecule has 0 unspecified atom stereocenters. The van der Waals surface area contributed by atoms with E-state index in [1.54, 1.807) is 4.68 Å². The zero-order valence-corrected chi connectivity index (χ0v) is 17.1. The first-order valence-electron chi connectivity index (χ1n) is 9.87. The lowest BCUT2D eigenvalue weighted by Gasteiger charge is -2.36. The van der Waals surface area contributed by atoms with Gasteiger partial charge in [0.1, 0.15) is 10.8 Å². The molecule has 0 atom stereocenters. The zero-order chi connectivity index (χ0) is 20.4. The van der Waals surface area contributed by atoms with Crippen molar-refractivity contribution in [3.05, 3.63) is 81.5 Å². The summed E-state index contributed by atoms with van der Waals surface area (Å²) in [5.74, 6) is -0.220. The van der Waals surface area contributed by atoms with Crippen molar-refractivity contribution in [2.45, 2.75) is 20.0 Å². The molecule has 1 aliphatic rings. The van der Waals surface area contributed by atoms with Gasteiger partial charge >= 0.3 is 0 Å². The Morgan fingerprint density at radius 1 is 0.931 bits per heavy atom. The highest BCUT2D eigenvalue weighted by molar-refractivity contribution is 6.31. The molecular formula is C22H24ClFN4O. The summed E-state index contributed by atoms with van der Waals surface area (Å²) in [5, 5.41) is 0.289. The first-order valence-corrected chi connectivity index (χ1v) is 10.2. The minimum atomic E-state index is -0.220. The molecule has 0 N–H and O–H groups in total. The molecule has 0 aliphatic carbocycles. The number of anilines is 1. The predicted molar refractivity (Wildman–Crippen MR) is 115 cm³/mol. The number of piperazine rings is 1. The van der Waals surface area contributed by atoms with Crippen LogP contribution in [0.1, 0.15) is 12.6 Å². The van der Waals surface area contributed by atoms with E-state index in [-0.39, 0.29) is 16.4 Å². The highest BCUT2D eigenvalue weighted by Gasteiger charge is 2.23. The Kier molecular flexibility index (Phi) is 5.74. The van der Waals surface area contributed by atoms with Gasteiger partial charge in [-0.15, -0.1) is 0 Å². The van der Waals surface area contributed by atoms with Gasteiger partial charge in [-0.1, -0.05) is 29.8 Å². The normalized spacial score (nSPS) is 15.1. The summed E-state index contributed by atoms with van der Waals surface area (Å²) in [7, 11) is 0. The smallest absolute Gasteiger partial charge is 0.290 e. The molecule has 0 saturated carbocycles. The number of hydrogen-bond donors (Lipinski definition) is 0. The number of halogens is 2. The minimum Gasteiger partial charge on any atom is -0.369 e. The van der Waals surface area contributed by atoms with Gasteiger partial charge in [0.2, 0.25) is 0 Å². The third kappa shape index (κ3) is 3.95. The van der Waals surface area contributed by atoms with Crippen LogP contribution in [-0.4, -0.2) is 40.4 Å². The Bertz CT molecular complexity index is 1020. The van der Waals surface area contributed by atoms with Crippen LogP contribution in [0.5, 0.6) is 0 Å². The largest absolute Gasteiger partial charge is 0.369 e. The molecule has 29 heavy (non-hydrogen) atoms. The van der Waals surface area contributed by atoms with Crippen LogP contribution >= 0.6 is 11.6 Å². The maximum atomic E-state index is 13.2. The van der Waals surface area contributed by atoms with Crippen LogP contribution in [-0.2, 0) is 13.1 Å². The van der Waals surface area contributed by atoms with Gasteiger partial charge in [0, 0.05) is 45.0 Å². The molecule has 2 heterocycles. The Labute approximate surface area is 174 Å². The Morgan fingerprint density at radius 2 is 1.59 bits per heavy atom. The van der Waals surface area contributed by atoms with Gasteiger partial charge in [0.15, 0.2) is 0 Å². The number of aromatic nitrogens is 2. The lowest BCUT2D eigenvalue weighted by molar-refractivity contribution is 0.241. The van der Waals surface area contributed by atoms with Crippen molar-refractivity contribution >= 4 is 17.3 Å². The van der Waals surface area contributed by atoms with Crippen molar-refractivity contribution in [2.75, 3.05) is 31.1 Å². The first kappa shape index (κ1) is 19.7. The molecule has 0 amide bonds. The summed E-state index contributed by atoms with van der Waals surface area (Å²) in [6.07, 6.45) is 0.